The predicted octanol–water partition coefficient (Wildman–Crippen LogP) is -0.284. The third-order valence-corrected chi connectivity index (χ3v) is 0.547. The van der Waals surface area contributed by atoms with Gasteiger partial charge in [-0.1, -0.05) is 13.3 Å². The quantitative estimate of drug-likeness (QED) is 0.632. The zero-order valence-corrected chi connectivity index (χ0v) is 11.2. The largest absolute Gasteiger partial charge is 0.368 e. The molecule has 0 aliphatic rings. The minimum absolute atomic E-state index is 0. The van der Waals surface area contributed by atoms with E-state index in [-0.39, 0.29) is 68.9 Å². The molecule has 0 aromatic rings. The predicted molar refractivity (Wildman–Crippen MR) is 28.9 cm³/mol. The van der Waals surface area contributed by atoms with Crippen LogP contribution in [-0.2, 0) is 0 Å². The Labute approximate surface area is 103 Å². The number of aliphatic hydroxyl groups excluding tert-OH is 1. The summed E-state index contributed by atoms with van der Waals surface area (Å²) in [5.74, 6) is 0. The van der Waals surface area contributed by atoms with E-state index in [1.54, 1.807) is 0 Å². The van der Waals surface area contributed by atoms with Gasteiger partial charge in [-0.3, -0.25) is 0 Å². The van der Waals surface area contributed by atoms with Crippen LogP contribution in [-0.4, -0.2) is 85.4 Å². The summed E-state index contributed by atoms with van der Waals surface area (Å²) in [4.78, 5) is 0. The Balaban J connectivity index is 0. The molecule has 1 radical (unpaired) electrons. The molecule has 0 rings (SSSR count). The van der Waals surface area contributed by atoms with Crippen LogP contribution in [0.2, 0.25) is 0 Å². The Morgan fingerprint density at radius 2 is 1.86 bits per heavy atom. The van der Waals surface area contributed by atoms with E-state index in [0.29, 0.717) is 6.42 Å². The molecule has 0 heterocycles. The van der Waals surface area contributed by atoms with Gasteiger partial charge in [0.2, 0.25) is 0 Å². The van der Waals surface area contributed by atoms with Crippen molar-refractivity contribution in [3.63, 3.8) is 0 Å². The molecule has 0 aromatic heterocycles. The fourth-order valence-corrected chi connectivity index (χ4v) is 0.258. The van der Waals surface area contributed by atoms with Crippen LogP contribution >= 0.6 is 0 Å². The fraction of sp³-hybridized carbons (Fsp3) is 1.00. The van der Waals surface area contributed by atoms with E-state index < -0.39 is 6.29 Å². The van der Waals surface area contributed by atoms with Crippen LogP contribution in [0.1, 0.15) is 19.8 Å². The van der Waals surface area contributed by atoms with Crippen LogP contribution in [0.4, 0.5) is 0 Å². The van der Waals surface area contributed by atoms with Gasteiger partial charge < -0.3 is 10.2 Å². The van der Waals surface area contributed by atoms with Gasteiger partial charge in [0, 0.05) is 68.9 Å². The van der Waals surface area contributed by atoms with Crippen LogP contribution in [0.25, 0.3) is 0 Å². The minimum Gasteiger partial charge on any atom is -0.368 e. The molecule has 3 heteroatoms. The Morgan fingerprint density at radius 1 is 1.43 bits per heavy atom. The Bertz CT molecular complexity index is 30.9. The first-order chi connectivity index (χ1) is 2.77. The average molecular weight is 223 g/mol. The molecule has 2 N–H and O–H groups in total. The number of rotatable bonds is 2. The zero-order valence-electron chi connectivity index (χ0n) is 4.89. The molecule has 0 atom stereocenters. The summed E-state index contributed by atoms with van der Waals surface area (Å²) in [6.07, 6.45) is 0.215. The first-order valence-electron chi connectivity index (χ1n) is 2.13. The summed E-state index contributed by atoms with van der Waals surface area (Å²) in [7, 11) is 0. The van der Waals surface area contributed by atoms with Gasteiger partial charge in [-0.2, -0.15) is 0 Å². The van der Waals surface area contributed by atoms with Gasteiger partial charge in [0.25, 0.3) is 0 Å². The van der Waals surface area contributed by atoms with Crippen LogP contribution in [0.5, 0.6) is 0 Å². The summed E-state index contributed by atoms with van der Waals surface area (Å²) in [6, 6.07) is 0. The third-order valence-electron chi connectivity index (χ3n) is 0.547. The topological polar surface area (TPSA) is 40.5 Å². The number of aliphatic hydroxyl groups is 2. The van der Waals surface area contributed by atoms with Crippen molar-refractivity contribution in [1.82, 2.24) is 0 Å². The van der Waals surface area contributed by atoms with E-state index in [1.807, 2.05) is 6.92 Å². The van der Waals surface area contributed by atoms with E-state index in [4.69, 9.17) is 10.2 Å². The van der Waals surface area contributed by atoms with Crippen molar-refractivity contribution in [3.8, 4) is 0 Å². The molecule has 7 heavy (non-hydrogen) atoms. The molecule has 2 nitrogen and oxygen atoms in total. The molecular weight excluding hydrogens is 213 g/mol. The average Bonchev–Trinajstić information content (AvgIpc) is 1.35. The Morgan fingerprint density at radius 3 is 1.86 bits per heavy atom. The van der Waals surface area contributed by atoms with Crippen molar-refractivity contribution in [3.05, 3.63) is 0 Å². The Kier molecular flexibility index (Phi) is 13.4. The van der Waals surface area contributed by atoms with Gasteiger partial charge in [-0.05, 0) is 6.42 Å². The van der Waals surface area contributed by atoms with Crippen LogP contribution in [0.15, 0.2) is 0 Å². The number of hydrogen-bond donors (Lipinski definition) is 2. The molecule has 0 fully saturated rings. The number of hydrogen-bond acceptors (Lipinski definition) is 2. The maximum atomic E-state index is 8.11. The third kappa shape index (κ3) is 11.5. The van der Waals surface area contributed by atoms with Crippen LogP contribution < -0.4 is 0 Å². The van der Waals surface area contributed by atoms with Gasteiger partial charge >= 0.3 is 0 Å². The van der Waals surface area contributed by atoms with E-state index in [0.717, 1.165) is 6.42 Å². The summed E-state index contributed by atoms with van der Waals surface area (Å²) in [6.45, 7) is 1.90. The molecule has 0 unspecified atom stereocenters. The smallest absolute Gasteiger partial charge is 0.151 e. The van der Waals surface area contributed by atoms with Gasteiger partial charge in [0.1, 0.15) is 0 Å². The molecule has 0 amide bonds. The first-order valence-corrected chi connectivity index (χ1v) is 2.13. The summed E-state index contributed by atoms with van der Waals surface area (Å²) < 4.78 is 0. The second-order valence-electron chi connectivity index (χ2n) is 1.27. The summed E-state index contributed by atoms with van der Waals surface area (Å²) >= 11 is 0. The van der Waals surface area contributed by atoms with Crippen molar-refractivity contribution < 1.29 is 10.2 Å². The van der Waals surface area contributed by atoms with Crippen molar-refractivity contribution in [1.29, 1.82) is 0 Å². The molecule has 0 aliphatic carbocycles. The van der Waals surface area contributed by atoms with E-state index in [1.165, 1.54) is 0 Å². The SMILES string of the molecule is CCCC(O)O.[Cs]. The summed E-state index contributed by atoms with van der Waals surface area (Å²) in [5.41, 5.74) is 0. The monoisotopic (exact) mass is 223 g/mol. The van der Waals surface area contributed by atoms with Crippen molar-refractivity contribution in [2.24, 2.45) is 0 Å². The van der Waals surface area contributed by atoms with E-state index in [9.17, 15) is 0 Å². The van der Waals surface area contributed by atoms with E-state index in [2.05, 4.69) is 0 Å². The summed E-state index contributed by atoms with van der Waals surface area (Å²) in [5, 5.41) is 16.2. The van der Waals surface area contributed by atoms with Gasteiger partial charge in [0.15, 0.2) is 6.29 Å². The maximum absolute atomic E-state index is 8.11. The standard InChI is InChI=1S/C4H10O2.Cs/c1-2-3-4(5)6;/h4-6H,2-3H2,1H3;. The molecule has 39 valence electrons. The molecule has 0 saturated carbocycles. The van der Waals surface area contributed by atoms with Gasteiger partial charge in [0.05, 0.1) is 0 Å². The van der Waals surface area contributed by atoms with Crippen LogP contribution in [0, 0.1) is 0 Å². The van der Waals surface area contributed by atoms with Crippen LogP contribution in [0.3, 0.4) is 0 Å². The molecule has 0 saturated heterocycles. The second-order valence-corrected chi connectivity index (χ2v) is 1.27. The first kappa shape index (κ1) is 11.7. The maximum Gasteiger partial charge on any atom is 0.151 e. The van der Waals surface area contributed by atoms with Crippen molar-refractivity contribution >= 4 is 68.9 Å². The zero-order chi connectivity index (χ0) is 4.99. The molecule has 0 spiro atoms. The molecule has 0 bridgehead atoms. The molecule has 0 aliphatic heterocycles. The van der Waals surface area contributed by atoms with Gasteiger partial charge in [-0.25, -0.2) is 0 Å². The van der Waals surface area contributed by atoms with Crippen molar-refractivity contribution in [2.75, 3.05) is 0 Å². The normalized spacial score (nSPS) is 8.57. The minimum atomic E-state index is -1.10. The Hall–Kier alpha value is 1.97. The van der Waals surface area contributed by atoms with E-state index >= 15 is 0 Å². The molecular formula is C4H10CsO2. The van der Waals surface area contributed by atoms with Crippen molar-refractivity contribution in [2.45, 2.75) is 26.1 Å². The second kappa shape index (κ2) is 7.97. The van der Waals surface area contributed by atoms with Gasteiger partial charge in [-0.15, -0.1) is 0 Å². The fourth-order valence-electron chi connectivity index (χ4n) is 0.258. The molecule has 0 aromatic carbocycles.